The Morgan fingerprint density at radius 1 is 1.23 bits per heavy atom. The Hall–Kier alpha value is -1.15. The van der Waals surface area contributed by atoms with Gasteiger partial charge in [0.05, 0.1) is 12.2 Å². The molecule has 0 bridgehead atoms. The van der Waals surface area contributed by atoms with Crippen LogP contribution in [0.25, 0.3) is 0 Å². The molecule has 13 heavy (non-hydrogen) atoms. The highest BCUT2D eigenvalue weighted by Gasteiger charge is 2.37. The van der Waals surface area contributed by atoms with Gasteiger partial charge >= 0.3 is 0 Å². The molecule has 0 amide bonds. The van der Waals surface area contributed by atoms with Gasteiger partial charge in [0.2, 0.25) is 0 Å². The lowest BCUT2D eigenvalue weighted by Crippen LogP contribution is -1.98. The summed E-state index contributed by atoms with van der Waals surface area (Å²) >= 11 is 0. The first-order chi connectivity index (χ1) is 6.40. The van der Waals surface area contributed by atoms with Crippen molar-refractivity contribution in [2.75, 3.05) is 0 Å². The third kappa shape index (κ3) is 2.16. The van der Waals surface area contributed by atoms with E-state index >= 15 is 0 Å². The molecule has 1 aliphatic rings. The molecule has 0 aromatic heterocycles. The molecule has 0 saturated carbocycles. The zero-order chi connectivity index (χ0) is 9.10. The van der Waals surface area contributed by atoms with Crippen molar-refractivity contribution in [1.82, 2.24) is 0 Å². The van der Waals surface area contributed by atoms with E-state index in [2.05, 4.69) is 12.1 Å². The first-order valence-electron chi connectivity index (χ1n) is 4.53. The second kappa shape index (κ2) is 3.71. The second-order valence-electron chi connectivity index (χ2n) is 3.31. The van der Waals surface area contributed by atoms with Crippen LogP contribution in [0.4, 0.5) is 0 Å². The van der Waals surface area contributed by atoms with Crippen LogP contribution in [0, 0.1) is 0 Å². The summed E-state index contributed by atoms with van der Waals surface area (Å²) in [4.78, 5) is 10.2. The first-order valence-corrected chi connectivity index (χ1v) is 4.53. The minimum Gasteiger partial charge on any atom is -0.369 e. The van der Waals surface area contributed by atoms with Crippen LogP contribution >= 0.6 is 0 Å². The summed E-state index contributed by atoms with van der Waals surface area (Å²) in [6.07, 6.45) is 2.84. The van der Waals surface area contributed by atoms with Crippen LogP contribution in [0.1, 0.15) is 12.0 Å². The highest BCUT2D eigenvalue weighted by atomic mass is 16.6. The molecule has 68 valence electrons. The van der Waals surface area contributed by atoms with Crippen LogP contribution in [0.5, 0.6) is 0 Å². The highest BCUT2D eigenvalue weighted by Crippen LogP contribution is 2.27. The maximum absolute atomic E-state index is 10.2. The number of epoxide rings is 1. The summed E-state index contributed by atoms with van der Waals surface area (Å²) in [5.74, 6) is 0. The van der Waals surface area contributed by atoms with E-state index in [1.807, 2.05) is 18.2 Å². The second-order valence-corrected chi connectivity index (χ2v) is 3.31. The van der Waals surface area contributed by atoms with E-state index in [1.54, 1.807) is 0 Å². The van der Waals surface area contributed by atoms with Gasteiger partial charge in [-0.15, -0.1) is 0 Å². The predicted molar refractivity (Wildman–Crippen MR) is 49.5 cm³/mol. The molecule has 0 N–H and O–H groups in total. The number of hydrogen-bond donors (Lipinski definition) is 0. The van der Waals surface area contributed by atoms with Crippen molar-refractivity contribution in [3.63, 3.8) is 0 Å². The molecule has 0 radical (unpaired) electrons. The van der Waals surface area contributed by atoms with Gasteiger partial charge < -0.3 is 9.53 Å². The van der Waals surface area contributed by atoms with Crippen LogP contribution in [0.15, 0.2) is 30.3 Å². The van der Waals surface area contributed by atoms with Gasteiger partial charge in [0.25, 0.3) is 0 Å². The third-order valence-corrected chi connectivity index (χ3v) is 2.30. The Kier molecular flexibility index (Phi) is 2.41. The average Bonchev–Trinajstić information content (AvgIpc) is 2.86. The van der Waals surface area contributed by atoms with Gasteiger partial charge in [-0.2, -0.15) is 0 Å². The zero-order valence-corrected chi connectivity index (χ0v) is 7.35. The smallest absolute Gasteiger partial charge is 0.122 e. The minimum atomic E-state index is 0.178. The molecule has 1 heterocycles. The number of carbonyl (C=O) groups is 1. The van der Waals surface area contributed by atoms with Crippen molar-refractivity contribution in [3.8, 4) is 0 Å². The fraction of sp³-hybridized carbons (Fsp3) is 0.364. The summed E-state index contributed by atoms with van der Waals surface area (Å²) in [6.45, 7) is 0. The highest BCUT2D eigenvalue weighted by molar-refractivity contribution is 5.51. The predicted octanol–water partition coefficient (Wildman–Crippen LogP) is 1.59. The number of hydrogen-bond acceptors (Lipinski definition) is 2. The summed E-state index contributed by atoms with van der Waals surface area (Å²) < 4.78 is 5.33. The van der Waals surface area contributed by atoms with Crippen LogP contribution in [-0.4, -0.2) is 18.5 Å². The van der Waals surface area contributed by atoms with Crippen molar-refractivity contribution in [1.29, 1.82) is 0 Å². The zero-order valence-electron chi connectivity index (χ0n) is 7.35. The fourth-order valence-electron chi connectivity index (χ4n) is 1.51. The molecule has 1 aromatic carbocycles. The minimum absolute atomic E-state index is 0.178. The van der Waals surface area contributed by atoms with E-state index in [1.165, 1.54) is 5.56 Å². The van der Waals surface area contributed by atoms with Crippen LogP contribution in [-0.2, 0) is 16.0 Å². The molecule has 1 aromatic rings. The molecule has 1 fully saturated rings. The van der Waals surface area contributed by atoms with Crippen molar-refractivity contribution < 1.29 is 9.53 Å². The lowest BCUT2D eigenvalue weighted by molar-refractivity contribution is -0.108. The molecular weight excluding hydrogens is 164 g/mol. The Labute approximate surface area is 77.5 Å². The molecular formula is C11H12O2. The maximum atomic E-state index is 10.2. The normalized spacial score (nSPS) is 25.5. The van der Waals surface area contributed by atoms with Gasteiger partial charge in [0.15, 0.2) is 0 Å². The summed E-state index contributed by atoms with van der Waals surface area (Å²) in [6, 6.07) is 10.2. The van der Waals surface area contributed by atoms with Gasteiger partial charge in [-0.05, 0) is 5.56 Å². The van der Waals surface area contributed by atoms with Crippen LogP contribution in [0.2, 0.25) is 0 Å². The standard InChI is InChI=1S/C11H12O2/c12-7-6-10-11(13-10)8-9-4-2-1-3-5-9/h1-5,7,10-11H,6,8H2/t10-,11-/m0/s1. The SMILES string of the molecule is O=CC[C@@H]1O[C@H]1Cc1ccccc1. The fourth-order valence-corrected chi connectivity index (χ4v) is 1.51. The van der Waals surface area contributed by atoms with Crippen molar-refractivity contribution in [2.45, 2.75) is 25.0 Å². The molecule has 2 atom stereocenters. The van der Waals surface area contributed by atoms with Crippen molar-refractivity contribution in [3.05, 3.63) is 35.9 Å². The molecule has 2 nitrogen and oxygen atoms in total. The molecule has 0 spiro atoms. The van der Waals surface area contributed by atoms with E-state index in [4.69, 9.17) is 4.74 Å². The number of aldehydes is 1. The molecule has 1 aliphatic heterocycles. The van der Waals surface area contributed by atoms with Crippen LogP contribution < -0.4 is 0 Å². The molecule has 2 rings (SSSR count). The van der Waals surface area contributed by atoms with E-state index in [0.717, 1.165) is 12.7 Å². The molecule has 0 unspecified atom stereocenters. The number of carbonyl (C=O) groups excluding carboxylic acids is 1. The maximum Gasteiger partial charge on any atom is 0.122 e. The van der Waals surface area contributed by atoms with E-state index in [-0.39, 0.29) is 12.2 Å². The number of ether oxygens (including phenoxy) is 1. The van der Waals surface area contributed by atoms with E-state index in [0.29, 0.717) is 6.42 Å². The molecule has 2 heteroatoms. The first kappa shape index (κ1) is 8.45. The topological polar surface area (TPSA) is 29.6 Å². The largest absolute Gasteiger partial charge is 0.369 e. The van der Waals surface area contributed by atoms with Crippen molar-refractivity contribution in [2.24, 2.45) is 0 Å². The molecule has 1 saturated heterocycles. The Morgan fingerprint density at radius 2 is 2.00 bits per heavy atom. The van der Waals surface area contributed by atoms with E-state index in [9.17, 15) is 4.79 Å². The Morgan fingerprint density at radius 3 is 2.69 bits per heavy atom. The Balaban J connectivity index is 1.84. The van der Waals surface area contributed by atoms with Gasteiger partial charge in [-0.25, -0.2) is 0 Å². The third-order valence-electron chi connectivity index (χ3n) is 2.30. The molecule has 0 aliphatic carbocycles. The lowest BCUT2D eigenvalue weighted by atomic mass is 10.1. The van der Waals surface area contributed by atoms with E-state index < -0.39 is 0 Å². The summed E-state index contributed by atoms with van der Waals surface area (Å²) in [7, 11) is 0. The monoisotopic (exact) mass is 176 g/mol. The lowest BCUT2D eigenvalue weighted by Gasteiger charge is -1.95. The van der Waals surface area contributed by atoms with Crippen molar-refractivity contribution >= 4 is 6.29 Å². The summed E-state index contributed by atoms with van der Waals surface area (Å²) in [5.41, 5.74) is 1.28. The van der Waals surface area contributed by atoms with Gasteiger partial charge in [-0.1, -0.05) is 30.3 Å². The summed E-state index contributed by atoms with van der Waals surface area (Å²) in [5, 5.41) is 0. The van der Waals surface area contributed by atoms with Crippen LogP contribution in [0.3, 0.4) is 0 Å². The average molecular weight is 176 g/mol. The van der Waals surface area contributed by atoms with Gasteiger partial charge in [-0.3, -0.25) is 0 Å². The Bertz CT molecular complexity index is 281. The van der Waals surface area contributed by atoms with Gasteiger partial charge in [0, 0.05) is 12.8 Å². The quantitative estimate of drug-likeness (QED) is 0.515. The number of rotatable bonds is 4. The number of benzene rings is 1. The van der Waals surface area contributed by atoms with Gasteiger partial charge in [0.1, 0.15) is 6.29 Å².